The number of nitrogens with zero attached hydrogens (tertiary/aromatic N) is 2. The molecule has 0 saturated carbocycles. The third kappa shape index (κ3) is 10.3. The zero-order chi connectivity index (χ0) is 34.7. The maximum Gasteiger partial charge on any atom is 0.154 e. The number of nitriles is 2. The number of halogens is 7. The van der Waals surface area contributed by atoms with Gasteiger partial charge in [-0.05, 0) is 59.7 Å². The van der Waals surface area contributed by atoms with E-state index in [-0.39, 0.29) is 26.0 Å². The summed E-state index contributed by atoms with van der Waals surface area (Å²) in [6.45, 7) is 0. The minimum Gasteiger partial charge on any atom is -0.497 e. The number of hydrogen-bond donors (Lipinski definition) is 0. The summed E-state index contributed by atoms with van der Waals surface area (Å²) in [5, 5.41) is 17.3. The van der Waals surface area contributed by atoms with Crippen LogP contribution in [0, 0.1) is 57.6 Å². The fourth-order valence-corrected chi connectivity index (χ4v) is 4.27. The number of methoxy groups -OCH3 is 3. The largest absolute Gasteiger partial charge is 0.497 e. The van der Waals surface area contributed by atoms with E-state index in [0.29, 0.717) is 23.6 Å². The van der Waals surface area contributed by atoms with Gasteiger partial charge in [-0.1, -0.05) is 55.0 Å². The van der Waals surface area contributed by atoms with Crippen molar-refractivity contribution in [1.82, 2.24) is 0 Å². The van der Waals surface area contributed by atoms with Crippen molar-refractivity contribution in [2.45, 2.75) is 14.9 Å². The van der Waals surface area contributed by atoms with Crippen molar-refractivity contribution in [3.05, 3.63) is 135 Å². The van der Waals surface area contributed by atoms with Crippen LogP contribution in [0.4, 0.5) is 26.3 Å². The molecule has 0 unspecified atom stereocenters. The average Bonchev–Trinajstić information content (AvgIpc) is 3.06. The minimum atomic E-state index is -1.24. The molecule has 0 saturated heterocycles. The van der Waals surface area contributed by atoms with Crippen LogP contribution in [-0.4, -0.2) is 21.3 Å². The summed E-state index contributed by atoms with van der Waals surface area (Å²) in [7, 11) is 4.58. The van der Waals surface area contributed by atoms with Gasteiger partial charge in [-0.2, -0.15) is 10.5 Å². The van der Waals surface area contributed by atoms with Gasteiger partial charge < -0.3 is 14.2 Å². The van der Waals surface area contributed by atoms with Crippen LogP contribution in [0.3, 0.4) is 0 Å². The first-order chi connectivity index (χ1) is 22.5. The minimum absolute atomic E-state index is 0. The van der Waals surface area contributed by atoms with Gasteiger partial charge in [0.05, 0.1) is 32.5 Å². The van der Waals surface area contributed by atoms with E-state index in [1.54, 1.807) is 7.11 Å². The highest BCUT2D eigenvalue weighted by Crippen LogP contribution is 2.38. The molecule has 0 N–H and O–H groups in total. The van der Waals surface area contributed by atoms with Gasteiger partial charge in [0.25, 0.3) is 0 Å². The Morgan fingerprint density at radius 1 is 0.510 bits per heavy atom. The Hall–Kier alpha value is -5.46. The van der Waals surface area contributed by atoms with Crippen LogP contribution in [0.5, 0.6) is 17.2 Å². The molecule has 49 heavy (non-hydrogen) atoms. The average molecular weight is 746 g/mol. The molecular weight excluding hydrogens is 714 g/mol. The lowest BCUT2D eigenvalue weighted by molar-refractivity contribution is 0.414. The lowest BCUT2D eigenvalue weighted by Crippen LogP contribution is -2.03. The van der Waals surface area contributed by atoms with Gasteiger partial charge in [0, 0.05) is 16.6 Å². The Bertz CT molecular complexity index is 1830. The topological polar surface area (TPSA) is 75.3 Å². The molecule has 5 rings (SSSR count). The number of benzene rings is 5. The van der Waals surface area contributed by atoms with Crippen LogP contribution in [-0.2, 0) is 0 Å². The van der Waals surface area contributed by atoms with Gasteiger partial charge in [0.2, 0.25) is 0 Å². The van der Waals surface area contributed by atoms with Crippen molar-refractivity contribution < 1.29 is 40.6 Å². The first-order valence-corrected chi connectivity index (χ1v) is 14.0. The molecule has 5 aromatic rings. The molecule has 0 aliphatic rings. The predicted octanol–water partition coefficient (Wildman–Crippen LogP) is 11.0. The Morgan fingerprint density at radius 3 is 1.14 bits per heavy atom. The standard InChI is InChI=1S/C21H14F3NO2.C7H7BrO.C7H2F3N.2CH4/c1-26-14-7-3-12(4-8-14)17-19(22)16(11-25)20(23)18(21(17)24)13-5-9-15(27-2)10-6-13;1-9-7-4-2-6(8)3-5-7;8-4-1-6(9)5(3-11)7(10)2-4;;/h3-10H,1-2H3;2-5H,1H3;1-2H;2*1H4. The van der Waals surface area contributed by atoms with E-state index in [0.717, 1.165) is 10.2 Å². The highest BCUT2D eigenvalue weighted by Gasteiger charge is 2.27. The van der Waals surface area contributed by atoms with Gasteiger partial charge in [-0.15, -0.1) is 0 Å². The molecule has 0 radical (unpaired) electrons. The van der Waals surface area contributed by atoms with Crippen molar-refractivity contribution in [1.29, 1.82) is 10.5 Å². The Morgan fingerprint density at radius 2 is 0.837 bits per heavy atom. The molecular formula is C37H31BrF6N2O3. The zero-order valence-corrected chi connectivity index (χ0v) is 26.4. The maximum absolute atomic E-state index is 15.2. The van der Waals surface area contributed by atoms with E-state index < -0.39 is 57.2 Å². The number of ether oxygens (including phenoxy) is 3. The summed E-state index contributed by atoms with van der Waals surface area (Å²) in [5.74, 6) is -5.06. The van der Waals surface area contributed by atoms with E-state index in [2.05, 4.69) is 15.9 Å². The quantitative estimate of drug-likeness (QED) is 0.168. The van der Waals surface area contributed by atoms with Gasteiger partial charge in [-0.25, -0.2) is 26.3 Å². The maximum atomic E-state index is 15.2. The van der Waals surface area contributed by atoms with Crippen LogP contribution >= 0.6 is 15.9 Å². The molecule has 12 heteroatoms. The van der Waals surface area contributed by atoms with E-state index in [1.807, 2.05) is 24.3 Å². The lowest BCUT2D eigenvalue weighted by Gasteiger charge is -2.14. The van der Waals surface area contributed by atoms with Crippen molar-refractivity contribution >= 4 is 15.9 Å². The van der Waals surface area contributed by atoms with E-state index in [9.17, 15) is 27.2 Å². The van der Waals surface area contributed by atoms with Gasteiger partial charge in [-0.3, -0.25) is 0 Å². The Kier molecular flexibility index (Phi) is 16.4. The molecule has 0 amide bonds. The third-order valence-electron chi connectivity index (χ3n) is 6.35. The second-order valence-electron chi connectivity index (χ2n) is 9.15. The van der Waals surface area contributed by atoms with Crippen LogP contribution in [0.1, 0.15) is 26.0 Å². The second-order valence-corrected chi connectivity index (χ2v) is 10.1. The first kappa shape index (κ1) is 41.6. The Balaban J connectivity index is 0.000000449. The van der Waals surface area contributed by atoms with Crippen LogP contribution in [0.25, 0.3) is 22.3 Å². The molecule has 0 spiro atoms. The monoisotopic (exact) mass is 744 g/mol. The first-order valence-electron chi connectivity index (χ1n) is 13.2. The van der Waals surface area contributed by atoms with Gasteiger partial charge in [0.15, 0.2) is 11.6 Å². The summed E-state index contributed by atoms with van der Waals surface area (Å²) in [6.07, 6.45) is 0. The van der Waals surface area contributed by atoms with Gasteiger partial charge in [0.1, 0.15) is 63.8 Å². The molecule has 0 aliphatic heterocycles. The molecule has 0 aromatic heterocycles. The fraction of sp³-hybridized carbons (Fsp3) is 0.135. The molecule has 0 bridgehead atoms. The van der Waals surface area contributed by atoms with Crippen LogP contribution in [0.2, 0.25) is 0 Å². The molecule has 5 aromatic carbocycles. The van der Waals surface area contributed by atoms with E-state index in [4.69, 9.17) is 19.5 Å². The molecule has 0 aliphatic carbocycles. The predicted molar refractivity (Wildman–Crippen MR) is 180 cm³/mol. The number of hydrogen-bond acceptors (Lipinski definition) is 5. The summed E-state index contributed by atoms with van der Waals surface area (Å²) in [5.41, 5.74) is -2.21. The highest BCUT2D eigenvalue weighted by atomic mass is 79.9. The normalized spacial score (nSPS) is 9.47. The lowest BCUT2D eigenvalue weighted by atomic mass is 9.93. The van der Waals surface area contributed by atoms with E-state index in [1.165, 1.54) is 74.9 Å². The van der Waals surface area contributed by atoms with E-state index >= 15 is 4.39 Å². The smallest absolute Gasteiger partial charge is 0.154 e. The molecule has 5 nitrogen and oxygen atoms in total. The van der Waals surface area contributed by atoms with Crippen molar-refractivity contribution in [2.75, 3.05) is 21.3 Å². The summed E-state index contributed by atoms with van der Waals surface area (Å²) in [4.78, 5) is 0. The molecule has 0 heterocycles. The van der Waals surface area contributed by atoms with Crippen molar-refractivity contribution in [2.24, 2.45) is 0 Å². The fourth-order valence-electron chi connectivity index (χ4n) is 4.00. The molecule has 0 atom stereocenters. The zero-order valence-electron chi connectivity index (χ0n) is 24.8. The van der Waals surface area contributed by atoms with Crippen molar-refractivity contribution in [3.63, 3.8) is 0 Å². The second kappa shape index (κ2) is 19.4. The van der Waals surface area contributed by atoms with Gasteiger partial charge >= 0.3 is 0 Å². The highest BCUT2D eigenvalue weighted by molar-refractivity contribution is 9.10. The molecule has 256 valence electrons. The third-order valence-corrected chi connectivity index (χ3v) is 6.88. The number of rotatable bonds is 5. The summed E-state index contributed by atoms with van der Waals surface area (Å²) in [6, 6.07) is 23.2. The molecule has 0 fully saturated rings. The van der Waals surface area contributed by atoms with Crippen LogP contribution in [0.15, 0.2) is 89.4 Å². The Labute approximate surface area is 289 Å². The SMILES string of the molecule is C.C.COc1ccc(-c2c(F)c(C#N)c(F)c(-c3ccc(OC)cc3)c2F)cc1.COc1ccc(Br)cc1.N#Cc1c(F)cc(F)cc1F. The van der Waals surface area contributed by atoms with Crippen LogP contribution < -0.4 is 14.2 Å². The summed E-state index contributed by atoms with van der Waals surface area (Å²) >= 11 is 3.32. The summed E-state index contributed by atoms with van der Waals surface area (Å²) < 4.78 is 97.7. The van der Waals surface area contributed by atoms with Crippen molar-refractivity contribution in [3.8, 4) is 51.6 Å².